The van der Waals surface area contributed by atoms with Crippen LogP contribution in [0, 0.1) is 12.8 Å². The van der Waals surface area contributed by atoms with Gasteiger partial charge in [-0.3, -0.25) is 4.79 Å². The summed E-state index contributed by atoms with van der Waals surface area (Å²) in [5.41, 5.74) is 7.11. The Morgan fingerprint density at radius 1 is 1.45 bits per heavy atom. The van der Waals surface area contributed by atoms with Gasteiger partial charge in [-0.2, -0.15) is 0 Å². The maximum atomic E-state index is 12.6. The first-order valence-corrected chi connectivity index (χ1v) is 8.13. The van der Waals surface area contributed by atoms with Crippen LogP contribution < -0.4 is 10.5 Å². The fraction of sp³-hybridized carbons (Fsp3) is 0.611. The molecule has 4 nitrogen and oxygen atoms in total. The summed E-state index contributed by atoms with van der Waals surface area (Å²) in [5.74, 6) is 0.935. The van der Waals surface area contributed by atoms with Gasteiger partial charge in [0.25, 0.3) is 0 Å². The minimum absolute atomic E-state index is 0.0646. The topological polar surface area (TPSA) is 55.6 Å². The lowest BCUT2D eigenvalue weighted by Gasteiger charge is -2.39. The molecule has 2 rings (SSSR count). The largest absolute Gasteiger partial charge is 0.492 e. The summed E-state index contributed by atoms with van der Waals surface area (Å²) in [4.78, 5) is 14.4. The zero-order valence-electron chi connectivity index (χ0n) is 14.0. The number of benzene rings is 1. The Kier molecular flexibility index (Phi) is 5.46. The van der Waals surface area contributed by atoms with Gasteiger partial charge >= 0.3 is 0 Å². The highest BCUT2D eigenvalue weighted by atomic mass is 16.5. The molecule has 0 heterocycles. The number of likely N-dealkylation sites (N-methyl/N-ethyl adjacent to an activating group) is 1. The molecular formula is C18H28N2O2. The SMILES string of the molecule is Cc1cccc(OCCN(C)C(=O)C2CCCCC2(C)N)c1. The molecule has 22 heavy (non-hydrogen) atoms. The number of hydrogen-bond donors (Lipinski definition) is 1. The molecule has 1 aromatic rings. The molecule has 1 amide bonds. The molecule has 1 saturated carbocycles. The highest BCUT2D eigenvalue weighted by Crippen LogP contribution is 2.32. The molecule has 1 aliphatic carbocycles. The molecule has 2 atom stereocenters. The van der Waals surface area contributed by atoms with Crippen LogP contribution in [0.2, 0.25) is 0 Å². The number of rotatable bonds is 5. The molecule has 2 unspecified atom stereocenters. The van der Waals surface area contributed by atoms with Gasteiger partial charge in [0.15, 0.2) is 0 Å². The van der Waals surface area contributed by atoms with Gasteiger partial charge in [0.2, 0.25) is 5.91 Å². The van der Waals surface area contributed by atoms with E-state index in [1.165, 1.54) is 5.56 Å². The van der Waals surface area contributed by atoms with Crippen LogP contribution in [0.5, 0.6) is 5.75 Å². The van der Waals surface area contributed by atoms with E-state index < -0.39 is 0 Å². The van der Waals surface area contributed by atoms with Crippen molar-refractivity contribution in [2.24, 2.45) is 11.7 Å². The van der Waals surface area contributed by atoms with Crippen molar-refractivity contribution in [3.63, 3.8) is 0 Å². The first-order valence-electron chi connectivity index (χ1n) is 8.13. The van der Waals surface area contributed by atoms with Crippen LogP contribution in [0.15, 0.2) is 24.3 Å². The lowest BCUT2D eigenvalue weighted by Crippen LogP contribution is -2.53. The zero-order chi connectivity index (χ0) is 16.2. The van der Waals surface area contributed by atoms with Crippen LogP contribution in [0.4, 0.5) is 0 Å². The van der Waals surface area contributed by atoms with Crippen LogP contribution in [-0.4, -0.2) is 36.5 Å². The van der Waals surface area contributed by atoms with E-state index in [1.54, 1.807) is 4.90 Å². The van der Waals surface area contributed by atoms with Crippen LogP contribution in [-0.2, 0) is 4.79 Å². The maximum absolute atomic E-state index is 12.6. The summed E-state index contributed by atoms with van der Waals surface area (Å²) in [6, 6.07) is 7.95. The van der Waals surface area contributed by atoms with Crippen molar-refractivity contribution in [1.29, 1.82) is 0 Å². The Balaban J connectivity index is 1.83. The summed E-state index contributed by atoms with van der Waals surface area (Å²) in [5, 5.41) is 0. The highest BCUT2D eigenvalue weighted by Gasteiger charge is 2.38. The van der Waals surface area contributed by atoms with E-state index in [4.69, 9.17) is 10.5 Å². The van der Waals surface area contributed by atoms with Crippen LogP contribution in [0.25, 0.3) is 0 Å². The number of nitrogens with zero attached hydrogens (tertiary/aromatic N) is 1. The van der Waals surface area contributed by atoms with Gasteiger partial charge < -0.3 is 15.4 Å². The second-order valence-electron chi connectivity index (χ2n) is 6.73. The number of ether oxygens (including phenoxy) is 1. The molecular weight excluding hydrogens is 276 g/mol. The van der Waals surface area contributed by atoms with E-state index in [-0.39, 0.29) is 17.4 Å². The predicted octanol–water partition coefficient (Wildman–Crippen LogP) is 2.74. The van der Waals surface area contributed by atoms with Crippen LogP contribution in [0.3, 0.4) is 0 Å². The van der Waals surface area contributed by atoms with Crippen LogP contribution in [0.1, 0.15) is 38.2 Å². The van der Waals surface area contributed by atoms with Gasteiger partial charge in [-0.25, -0.2) is 0 Å². The molecule has 0 aromatic heterocycles. The normalized spacial score (nSPS) is 24.8. The second kappa shape index (κ2) is 7.14. The third-order valence-corrected chi connectivity index (χ3v) is 4.61. The summed E-state index contributed by atoms with van der Waals surface area (Å²) < 4.78 is 5.72. The first-order chi connectivity index (χ1) is 10.4. The van der Waals surface area contributed by atoms with Crippen molar-refractivity contribution in [3.8, 4) is 5.75 Å². The van der Waals surface area contributed by atoms with Crippen molar-refractivity contribution in [3.05, 3.63) is 29.8 Å². The maximum Gasteiger partial charge on any atom is 0.227 e. The molecule has 2 N–H and O–H groups in total. The predicted molar refractivity (Wildman–Crippen MR) is 88.9 cm³/mol. The highest BCUT2D eigenvalue weighted by molar-refractivity contribution is 5.80. The smallest absolute Gasteiger partial charge is 0.227 e. The summed E-state index contributed by atoms with van der Waals surface area (Å²) in [6.45, 7) is 5.12. The fourth-order valence-electron chi connectivity index (χ4n) is 3.15. The molecule has 0 radical (unpaired) electrons. The first kappa shape index (κ1) is 16.8. The van der Waals surface area contributed by atoms with Gasteiger partial charge in [0.1, 0.15) is 12.4 Å². The number of hydrogen-bond acceptors (Lipinski definition) is 3. The number of amides is 1. The number of carbonyl (C=O) groups excluding carboxylic acids is 1. The Morgan fingerprint density at radius 2 is 2.23 bits per heavy atom. The quantitative estimate of drug-likeness (QED) is 0.910. The van der Waals surface area contributed by atoms with E-state index in [1.807, 2.05) is 45.2 Å². The molecule has 0 aliphatic heterocycles. The van der Waals surface area contributed by atoms with Crippen molar-refractivity contribution in [1.82, 2.24) is 4.90 Å². The second-order valence-corrected chi connectivity index (χ2v) is 6.73. The third-order valence-electron chi connectivity index (χ3n) is 4.61. The average Bonchev–Trinajstić information content (AvgIpc) is 2.46. The molecule has 0 bridgehead atoms. The van der Waals surface area contributed by atoms with Crippen molar-refractivity contribution < 1.29 is 9.53 Å². The van der Waals surface area contributed by atoms with Crippen molar-refractivity contribution >= 4 is 5.91 Å². The van der Waals surface area contributed by atoms with E-state index in [0.29, 0.717) is 13.2 Å². The minimum atomic E-state index is -0.374. The van der Waals surface area contributed by atoms with Gasteiger partial charge in [-0.05, 0) is 44.4 Å². The van der Waals surface area contributed by atoms with E-state index >= 15 is 0 Å². The molecule has 1 aliphatic rings. The Bertz CT molecular complexity index is 514. The molecule has 122 valence electrons. The lowest BCUT2D eigenvalue weighted by atomic mass is 9.74. The zero-order valence-corrected chi connectivity index (χ0v) is 14.0. The number of nitrogens with two attached hydrogens (primary N) is 1. The number of carbonyl (C=O) groups is 1. The van der Waals surface area contributed by atoms with E-state index in [0.717, 1.165) is 31.4 Å². The molecule has 4 heteroatoms. The summed E-state index contributed by atoms with van der Waals surface area (Å²) in [7, 11) is 1.84. The fourth-order valence-corrected chi connectivity index (χ4v) is 3.15. The van der Waals surface area contributed by atoms with E-state index in [2.05, 4.69) is 0 Å². The monoisotopic (exact) mass is 304 g/mol. The third kappa shape index (κ3) is 4.23. The van der Waals surface area contributed by atoms with Crippen LogP contribution >= 0.6 is 0 Å². The molecule has 1 aromatic carbocycles. The summed E-state index contributed by atoms with van der Waals surface area (Å²) >= 11 is 0. The van der Waals surface area contributed by atoms with Gasteiger partial charge in [0.05, 0.1) is 12.5 Å². The molecule has 1 fully saturated rings. The number of aryl methyl sites for hydroxylation is 1. The Hall–Kier alpha value is -1.55. The molecule has 0 spiro atoms. The van der Waals surface area contributed by atoms with Gasteiger partial charge in [0, 0.05) is 12.6 Å². The van der Waals surface area contributed by atoms with Crippen molar-refractivity contribution in [2.45, 2.75) is 45.1 Å². The Morgan fingerprint density at radius 3 is 2.91 bits per heavy atom. The minimum Gasteiger partial charge on any atom is -0.492 e. The standard InChI is InChI=1S/C18H28N2O2/c1-14-7-6-8-15(13-14)22-12-11-20(3)17(21)16-9-4-5-10-18(16,2)19/h6-8,13,16H,4-5,9-12,19H2,1-3H3. The average molecular weight is 304 g/mol. The van der Waals surface area contributed by atoms with Crippen molar-refractivity contribution in [2.75, 3.05) is 20.2 Å². The summed E-state index contributed by atoms with van der Waals surface area (Å²) in [6.07, 6.45) is 4.04. The van der Waals surface area contributed by atoms with Gasteiger partial charge in [-0.1, -0.05) is 25.0 Å². The van der Waals surface area contributed by atoms with Gasteiger partial charge in [-0.15, -0.1) is 0 Å². The van der Waals surface area contributed by atoms with E-state index in [9.17, 15) is 4.79 Å². The molecule has 0 saturated heterocycles. The Labute approximate surface area is 133 Å². The lowest BCUT2D eigenvalue weighted by molar-refractivity contribution is -0.137.